The highest BCUT2D eigenvalue weighted by molar-refractivity contribution is 6.30. The maximum absolute atomic E-state index is 6.26. The lowest BCUT2D eigenvalue weighted by atomic mass is 9.82. The zero-order chi connectivity index (χ0) is 13.8. The smallest absolute Gasteiger partial charge is 0.0556 e. The van der Waals surface area contributed by atoms with E-state index in [1.54, 1.807) is 0 Å². The summed E-state index contributed by atoms with van der Waals surface area (Å²) in [6.07, 6.45) is 8.61. The third kappa shape index (κ3) is 4.12. The average Bonchev–Trinajstić information content (AvgIpc) is 2.35. The molecule has 0 heterocycles. The van der Waals surface area contributed by atoms with Gasteiger partial charge in [-0.05, 0) is 42.0 Å². The van der Waals surface area contributed by atoms with Crippen LogP contribution in [0.3, 0.4) is 0 Å². The Morgan fingerprint density at radius 1 is 1.32 bits per heavy atom. The fourth-order valence-electron chi connectivity index (χ4n) is 2.56. The number of hydrogen-bond acceptors (Lipinski definition) is 0. The zero-order valence-corrected chi connectivity index (χ0v) is 13.0. The summed E-state index contributed by atoms with van der Waals surface area (Å²) in [5.74, 6) is 1.02. The minimum atomic E-state index is 0.119. The Hall–Kier alpha value is -0.720. The summed E-state index contributed by atoms with van der Waals surface area (Å²) in [5.41, 5.74) is 2.60. The van der Waals surface area contributed by atoms with Gasteiger partial charge in [0, 0.05) is 10.9 Å². The van der Waals surface area contributed by atoms with Crippen LogP contribution in [0.5, 0.6) is 0 Å². The second-order valence-electron chi connectivity index (χ2n) is 5.56. The molecule has 1 aromatic carbocycles. The van der Waals surface area contributed by atoms with Crippen LogP contribution >= 0.6 is 23.2 Å². The first-order valence-corrected chi connectivity index (χ1v) is 7.65. The van der Waals surface area contributed by atoms with Crippen LogP contribution in [0.1, 0.15) is 38.2 Å². The molecule has 0 bridgehead atoms. The van der Waals surface area contributed by atoms with Gasteiger partial charge in [-0.3, -0.25) is 0 Å². The van der Waals surface area contributed by atoms with Gasteiger partial charge in [-0.15, -0.1) is 11.6 Å². The van der Waals surface area contributed by atoms with Crippen LogP contribution in [0.15, 0.2) is 48.1 Å². The van der Waals surface area contributed by atoms with Crippen LogP contribution in [0.4, 0.5) is 0 Å². The van der Waals surface area contributed by atoms with Crippen LogP contribution in [0.25, 0.3) is 0 Å². The van der Waals surface area contributed by atoms with Crippen molar-refractivity contribution in [3.8, 4) is 0 Å². The molecule has 2 unspecified atom stereocenters. The van der Waals surface area contributed by atoms with E-state index in [1.165, 1.54) is 11.1 Å². The number of halogens is 2. The van der Waals surface area contributed by atoms with Gasteiger partial charge in [-0.2, -0.15) is 0 Å². The molecule has 1 aliphatic carbocycles. The van der Waals surface area contributed by atoms with Crippen molar-refractivity contribution in [1.29, 1.82) is 0 Å². The third-order valence-electron chi connectivity index (χ3n) is 3.41. The molecule has 0 saturated heterocycles. The molecule has 1 aliphatic rings. The number of alkyl halides is 1. The predicted molar refractivity (Wildman–Crippen MR) is 85.1 cm³/mol. The summed E-state index contributed by atoms with van der Waals surface area (Å²) in [5, 5.41) is 0.919. The van der Waals surface area contributed by atoms with Gasteiger partial charge in [0.05, 0.1) is 5.38 Å². The molecule has 19 heavy (non-hydrogen) atoms. The van der Waals surface area contributed by atoms with Crippen LogP contribution < -0.4 is 0 Å². The predicted octanol–water partition coefficient (Wildman–Crippen LogP) is 5.96. The van der Waals surface area contributed by atoms with E-state index in [4.69, 9.17) is 23.2 Å². The Balaban J connectivity index is 2.33. The van der Waals surface area contributed by atoms with Crippen molar-refractivity contribution in [1.82, 2.24) is 0 Å². The van der Waals surface area contributed by atoms with Gasteiger partial charge in [0.1, 0.15) is 0 Å². The van der Waals surface area contributed by atoms with Gasteiger partial charge in [-0.1, -0.05) is 55.8 Å². The topological polar surface area (TPSA) is 0 Å². The summed E-state index contributed by atoms with van der Waals surface area (Å²) in [7, 11) is 0. The first kappa shape index (κ1) is 14.7. The van der Waals surface area contributed by atoms with Crippen molar-refractivity contribution in [2.24, 2.45) is 5.92 Å². The van der Waals surface area contributed by atoms with Crippen molar-refractivity contribution < 1.29 is 0 Å². The van der Waals surface area contributed by atoms with E-state index in [2.05, 4.69) is 44.2 Å². The lowest BCUT2D eigenvalue weighted by molar-refractivity contribution is 0.539. The summed E-state index contributed by atoms with van der Waals surface area (Å²) in [6.45, 7) is 4.51. The van der Waals surface area contributed by atoms with Crippen molar-refractivity contribution in [3.05, 3.63) is 58.7 Å². The number of benzene rings is 1. The standard InChI is InChI=1S/C17H20Cl2/c1-12(2)9-17(13-5-3-7-15(18)10-13)14-6-4-8-16(19)11-14/h3-7,10-12,16-17H,8-9H2,1-2H3. The van der Waals surface area contributed by atoms with Gasteiger partial charge in [0.25, 0.3) is 0 Å². The Morgan fingerprint density at radius 2 is 2.11 bits per heavy atom. The van der Waals surface area contributed by atoms with Crippen LogP contribution in [-0.2, 0) is 0 Å². The Bertz CT molecular complexity index is 486. The highest BCUT2D eigenvalue weighted by Crippen LogP contribution is 2.35. The molecular weight excluding hydrogens is 275 g/mol. The van der Waals surface area contributed by atoms with E-state index < -0.39 is 0 Å². The first-order chi connectivity index (χ1) is 9.06. The molecular formula is C17H20Cl2. The van der Waals surface area contributed by atoms with E-state index in [-0.39, 0.29) is 5.38 Å². The van der Waals surface area contributed by atoms with E-state index >= 15 is 0 Å². The summed E-state index contributed by atoms with van der Waals surface area (Å²) in [4.78, 5) is 0. The molecule has 0 aromatic heterocycles. The maximum Gasteiger partial charge on any atom is 0.0556 e. The molecule has 0 spiro atoms. The van der Waals surface area contributed by atoms with E-state index in [0.717, 1.165) is 17.9 Å². The molecule has 2 heteroatoms. The average molecular weight is 295 g/mol. The van der Waals surface area contributed by atoms with Crippen LogP contribution in [0, 0.1) is 5.92 Å². The van der Waals surface area contributed by atoms with Crippen molar-refractivity contribution >= 4 is 23.2 Å². The van der Waals surface area contributed by atoms with Gasteiger partial charge >= 0.3 is 0 Å². The first-order valence-electron chi connectivity index (χ1n) is 6.84. The number of rotatable bonds is 4. The minimum absolute atomic E-state index is 0.119. The molecule has 0 fully saturated rings. The van der Waals surface area contributed by atoms with Crippen LogP contribution in [-0.4, -0.2) is 5.38 Å². The molecule has 0 radical (unpaired) electrons. The van der Waals surface area contributed by atoms with Gasteiger partial charge in [0.15, 0.2) is 0 Å². The molecule has 102 valence electrons. The SMILES string of the molecule is CC(C)CC(C1=CC(Cl)CC=C1)c1cccc(Cl)c1. The molecule has 0 aliphatic heterocycles. The Labute approximate surface area is 126 Å². The summed E-state index contributed by atoms with van der Waals surface area (Å²) >= 11 is 12.4. The number of hydrogen-bond donors (Lipinski definition) is 0. The van der Waals surface area contributed by atoms with Gasteiger partial charge in [-0.25, -0.2) is 0 Å². The summed E-state index contributed by atoms with van der Waals surface area (Å²) < 4.78 is 0. The van der Waals surface area contributed by atoms with Crippen molar-refractivity contribution in [2.45, 2.75) is 38.0 Å². The summed E-state index contributed by atoms with van der Waals surface area (Å²) in [6, 6.07) is 8.18. The zero-order valence-electron chi connectivity index (χ0n) is 11.4. The molecule has 0 saturated carbocycles. The number of allylic oxidation sites excluding steroid dienone is 4. The van der Waals surface area contributed by atoms with Crippen molar-refractivity contribution in [3.63, 3.8) is 0 Å². The Kier molecular flexibility index (Phi) is 5.13. The fraction of sp³-hybridized carbons (Fsp3) is 0.412. The van der Waals surface area contributed by atoms with E-state index in [9.17, 15) is 0 Å². The van der Waals surface area contributed by atoms with Gasteiger partial charge < -0.3 is 0 Å². The molecule has 1 aromatic rings. The van der Waals surface area contributed by atoms with Crippen molar-refractivity contribution in [2.75, 3.05) is 0 Å². The molecule has 0 N–H and O–H groups in total. The quantitative estimate of drug-likeness (QED) is 0.601. The maximum atomic E-state index is 6.26. The van der Waals surface area contributed by atoms with E-state index in [1.807, 2.05) is 12.1 Å². The highest BCUT2D eigenvalue weighted by Gasteiger charge is 2.19. The normalized spacial score (nSPS) is 20.5. The Morgan fingerprint density at radius 3 is 2.74 bits per heavy atom. The third-order valence-corrected chi connectivity index (χ3v) is 3.94. The molecule has 2 atom stereocenters. The molecule has 0 amide bonds. The van der Waals surface area contributed by atoms with Gasteiger partial charge in [0.2, 0.25) is 0 Å². The van der Waals surface area contributed by atoms with Crippen LogP contribution in [0.2, 0.25) is 5.02 Å². The fourth-order valence-corrected chi connectivity index (χ4v) is 3.01. The largest absolute Gasteiger partial charge is 0.118 e. The minimum Gasteiger partial charge on any atom is -0.118 e. The monoisotopic (exact) mass is 294 g/mol. The second-order valence-corrected chi connectivity index (χ2v) is 6.55. The lowest BCUT2D eigenvalue weighted by Crippen LogP contribution is -2.09. The molecule has 2 rings (SSSR count). The molecule has 0 nitrogen and oxygen atoms in total. The second kappa shape index (κ2) is 6.63. The lowest BCUT2D eigenvalue weighted by Gasteiger charge is -2.24. The highest BCUT2D eigenvalue weighted by atomic mass is 35.5. The van der Waals surface area contributed by atoms with E-state index in [0.29, 0.717) is 11.8 Å².